The average Bonchev–Trinajstić information content (AvgIpc) is 1.93. The van der Waals surface area contributed by atoms with Crippen LogP contribution in [0.1, 0.15) is 0 Å². The van der Waals surface area contributed by atoms with Gasteiger partial charge in [0.15, 0.2) is 0 Å². The summed E-state index contributed by atoms with van der Waals surface area (Å²) >= 11 is 3.28. The molecule has 4 N–H and O–H groups in total. The van der Waals surface area contributed by atoms with E-state index in [0.29, 0.717) is 11.4 Å². The Morgan fingerprint density at radius 1 is 1.20 bits per heavy atom. The predicted molar refractivity (Wildman–Crippen MR) is 51.1 cm³/mol. The maximum atomic E-state index is 5.63. The summed E-state index contributed by atoms with van der Waals surface area (Å²) in [6, 6.07) is 3.82. The van der Waals surface area contributed by atoms with Crippen LogP contribution in [0.3, 0.4) is 0 Å². The maximum Gasteiger partial charge on any atom is 0.142 e. The molecule has 0 atom stereocenters. The Labute approximate surface area is 69.1 Å². The molecule has 1 rings (SSSR count). The van der Waals surface area contributed by atoms with Crippen molar-refractivity contribution in [1.29, 1.82) is 0 Å². The number of rotatable bonds is 0. The Hall–Kier alpha value is -0.635. The van der Waals surface area contributed by atoms with Gasteiger partial charge in [0.1, 0.15) is 7.85 Å². The first-order valence-electron chi connectivity index (χ1n) is 2.93. The molecule has 1 aromatic carbocycles. The minimum absolute atomic E-state index is 0.625. The second-order valence-corrected chi connectivity index (χ2v) is 3.05. The first-order chi connectivity index (χ1) is 4.63. The highest BCUT2D eigenvalue weighted by atomic mass is 79.9. The molecular formula is C6H8BBrN2. The molecule has 0 heterocycles. The van der Waals surface area contributed by atoms with Crippen molar-refractivity contribution < 1.29 is 0 Å². The molecule has 4 heteroatoms. The summed E-state index contributed by atoms with van der Waals surface area (Å²) in [5.41, 5.74) is 13.5. The molecule has 0 aromatic heterocycles. The molecule has 0 bridgehead atoms. The molecule has 1 aromatic rings. The third kappa shape index (κ3) is 1.11. The van der Waals surface area contributed by atoms with E-state index in [1.54, 1.807) is 0 Å². The lowest BCUT2D eigenvalue weighted by molar-refractivity contribution is 1.65. The highest BCUT2D eigenvalue weighted by Crippen LogP contribution is 2.22. The molecule has 2 nitrogen and oxygen atoms in total. The second kappa shape index (κ2) is 2.54. The summed E-state index contributed by atoms with van der Waals surface area (Å²) in [7, 11) is 1.93. The summed E-state index contributed by atoms with van der Waals surface area (Å²) in [6.45, 7) is 0. The molecule has 0 fully saturated rings. The molecule has 0 unspecified atom stereocenters. The lowest BCUT2D eigenvalue weighted by Gasteiger charge is -2.04. The van der Waals surface area contributed by atoms with Gasteiger partial charge in [-0.15, -0.1) is 0 Å². The van der Waals surface area contributed by atoms with Crippen molar-refractivity contribution in [1.82, 2.24) is 0 Å². The van der Waals surface area contributed by atoms with Gasteiger partial charge in [-0.05, 0) is 22.0 Å². The van der Waals surface area contributed by atoms with Crippen LogP contribution in [0.2, 0.25) is 0 Å². The minimum Gasteiger partial charge on any atom is -0.397 e. The Morgan fingerprint density at radius 2 is 1.80 bits per heavy atom. The summed E-state index contributed by atoms with van der Waals surface area (Å²) in [5, 5.41) is 0. The SMILES string of the molecule is Bc1ccc(Br)c(N)c1N. The quantitative estimate of drug-likeness (QED) is 0.451. The van der Waals surface area contributed by atoms with E-state index in [1.807, 2.05) is 20.0 Å². The molecule has 0 aliphatic heterocycles. The van der Waals surface area contributed by atoms with Crippen molar-refractivity contribution in [2.24, 2.45) is 0 Å². The number of hydrogen-bond donors (Lipinski definition) is 2. The van der Waals surface area contributed by atoms with Crippen LogP contribution < -0.4 is 16.9 Å². The Morgan fingerprint density at radius 3 is 2.30 bits per heavy atom. The van der Waals surface area contributed by atoms with E-state index < -0.39 is 0 Å². The van der Waals surface area contributed by atoms with Gasteiger partial charge in [0.05, 0.1) is 5.69 Å². The van der Waals surface area contributed by atoms with Crippen LogP contribution in [-0.4, -0.2) is 7.85 Å². The Bertz CT molecular complexity index is 235. The van der Waals surface area contributed by atoms with Gasteiger partial charge < -0.3 is 11.5 Å². The number of nitrogen functional groups attached to an aromatic ring is 2. The van der Waals surface area contributed by atoms with Crippen LogP contribution in [0.15, 0.2) is 16.6 Å². The number of halogens is 1. The van der Waals surface area contributed by atoms with Crippen molar-refractivity contribution in [3.63, 3.8) is 0 Å². The zero-order valence-electron chi connectivity index (χ0n) is 5.69. The van der Waals surface area contributed by atoms with Crippen molar-refractivity contribution in [3.8, 4) is 0 Å². The maximum absolute atomic E-state index is 5.63. The van der Waals surface area contributed by atoms with E-state index in [9.17, 15) is 0 Å². The van der Waals surface area contributed by atoms with E-state index in [-0.39, 0.29) is 0 Å². The van der Waals surface area contributed by atoms with Gasteiger partial charge in [-0.3, -0.25) is 0 Å². The fraction of sp³-hybridized carbons (Fsp3) is 0. The molecule has 0 aliphatic carbocycles. The zero-order chi connectivity index (χ0) is 7.72. The highest BCUT2D eigenvalue weighted by Gasteiger charge is 2.00. The molecule has 0 saturated carbocycles. The lowest BCUT2D eigenvalue weighted by Crippen LogP contribution is -2.12. The van der Waals surface area contributed by atoms with Crippen molar-refractivity contribution in [2.75, 3.05) is 11.5 Å². The number of anilines is 2. The third-order valence-corrected chi connectivity index (χ3v) is 2.14. The molecule has 52 valence electrons. The fourth-order valence-corrected chi connectivity index (χ4v) is 1.06. The largest absolute Gasteiger partial charge is 0.397 e. The number of hydrogen-bond acceptors (Lipinski definition) is 2. The van der Waals surface area contributed by atoms with Gasteiger partial charge >= 0.3 is 0 Å². The van der Waals surface area contributed by atoms with Gasteiger partial charge in [0.2, 0.25) is 0 Å². The van der Waals surface area contributed by atoms with Crippen LogP contribution >= 0.6 is 15.9 Å². The fourth-order valence-electron chi connectivity index (χ4n) is 0.719. The molecule has 0 radical (unpaired) electrons. The molecule has 0 amide bonds. The van der Waals surface area contributed by atoms with Crippen molar-refractivity contribution in [3.05, 3.63) is 16.6 Å². The van der Waals surface area contributed by atoms with Crippen molar-refractivity contribution >= 4 is 40.6 Å². The van der Waals surface area contributed by atoms with E-state index >= 15 is 0 Å². The third-order valence-electron chi connectivity index (χ3n) is 1.45. The first kappa shape index (κ1) is 7.47. The zero-order valence-corrected chi connectivity index (χ0v) is 7.27. The molecule has 0 saturated heterocycles. The van der Waals surface area contributed by atoms with Crippen LogP contribution in [0.25, 0.3) is 0 Å². The van der Waals surface area contributed by atoms with Crippen LogP contribution in [0, 0.1) is 0 Å². The topological polar surface area (TPSA) is 52.0 Å². The van der Waals surface area contributed by atoms with Gasteiger partial charge in [0, 0.05) is 10.2 Å². The second-order valence-electron chi connectivity index (χ2n) is 2.19. The number of nitrogens with two attached hydrogens (primary N) is 2. The highest BCUT2D eigenvalue weighted by molar-refractivity contribution is 9.10. The Kier molecular flexibility index (Phi) is 1.90. The van der Waals surface area contributed by atoms with Crippen LogP contribution in [-0.2, 0) is 0 Å². The smallest absolute Gasteiger partial charge is 0.142 e. The van der Waals surface area contributed by atoms with Gasteiger partial charge in [-0.25, -0.2) is 0 Å². The Balaban J connectivity index is 3.34. The van der Waals surface area contributed by atoms with E-state index in [2.05, 4.69) is 15.9 Å². The lowest BCUT2D eigenvalue weighted by atomic mass is 9.94. The summed E-state index contributed by atoms with van der Waals surface area (Å²) < 4.78 is 0.857. The van der Waals surface area contributed by atoms with E-state index in [0.717, 1.165) is 9.94 Å². The summed E-state index contributed by atoms with van der Waals surface area (Å²) in [5.74, 6) is 0. The molecule has 10 heavy (non-hydrogen) atoms. The van der Waals surface area contributed by atoms with Crippen LogP contribution in [0.4, 0.5) is 11.4 Å². The van der Waals surface area contributed by atoms with Gasteiger partial charge in [-0.1, -0.05) is 11.5 Å². The minimum atomic E-state index is 0.625. The van der Waals surface area contributed by atoms with Gasteiger partial charge in [-0.2, -0.15) is 0 Å². The normalized spacial score (nSPS) is 9.70. The summed E-state index contributed by atoms with van der Waals surface area (Å²) in [4.78, 5) is 0. The van der Waals surface area contributed by atoms with Gasteiger partial charge in [0.25, 0.3) is 0 Å². The monoisotopic (exact) mass is 198 g/mol. The molecule has 0 spiro atoms. The first-order valence-corrected chi connectivity index (χ1v) is 3.72. The van der Waals surface area contributed by atoms with Crippen molar-refractivity contribution in [2.45, 2.75) is 0 Å². The summed E-state index contributed by atoms with van der Waals surface area (Å²) in [6.07, 6.45) is 0. The molecule has 0 aliphatic rings. The van der Waals surface area contributed by atoms with Crippen LogP contribution in [0.5, 0.6) is 0 Å². The van der Waals surface area contributed by atoms with E-state index in [1.165, 1.54) is 0 Å². The number of benzene rings is 1. The van der Waals surface area contributed by atoms with E-state index in [4.69, 9.17) is 11.5 Å². The average molecular weight is 199 g/mol. The standard InChI is InChI=1S/C6H8BBrN2/c7-3-1-2-4(8)6(10)5(3)9/h1-2H,7,9-10H2. The predicted octanol–water partition coefficient (Wildman–Crippen LogP) is -0.128. The molecular weight excluding hydrogens is 191 g/mol.